The van der Waals surface area contributed by atoms with Crippen LogP contribution in [0.15, 0.2) is 45.6 Å². The second kappa shape index (κ2) is 7.26. The van der Waals surface area contributed by atoms with Crippen molar-refractivity contribution >= 4 is 22.6 Å². The molecule has 0 amide bonds. The van der Waals surface area contributed by atoms with E-state index in [4.69, 9.17) is 20.8 Å². The number of fused-ring (bicyclic) bond motifs is 5. The fraction of sp³-hybridized carbons (Fsp3) is 0.348. The van der Waals surface area contributed by atoms with Crippen molar-refractivity contribution in [2.75, 3.05) is 6.73 Å². The Bertz CT molecular complexity index is 1100. The molecule has 0 spiro atoms. The van der Waals surface area contributed by atoms with Crippen LogP contribution in [0.5, 0.6) is 5.75 Å². The van der Waals surface area contributed by atoms with Crippen LogP contribution in [-0.4, -0.2) is 11.6 Å². The minimum atomic E-state index is -0.180. The van der Waals surface area contributed by atoms with Crippen molar-refractivity contribution in [3.05, 3.63) is 74.1 Å². The molecule has 144 valence electrons. The maximum absolute atomic E-state index is 12.7. The molecule has 0 atom stereocenters. The number of benzene rings is 2. The zero-order valence-corrected chi connectivity index (χ0v) is 16.4. The van der Waals surface area contributed by atoms with Gasteiger partial charge in [-0.25, -0.2) is 4.79 Å². The van der Waals surface area contributed by atoms with Gasteiger partial charge in [-0.05, 0) is 55.0 Å². The van der Waals surface area contributed by atoms with Gasteiger partial charge in [-0.15, -0.1) is 0 Å². The summed E-state index contributed by atoms with van der Waals surface area (Å²) >= 11 is 6.33. The molecular weight excluding hydrogens is 374 g/mol. The number of hydrogen-bond donors (Lipinski definition) is 0. The van der Waals surface area contributed by atoms with Crippen LogP contribution in [0, 0.1) is 0 Å². The minimum Gasteiger partial charge on any atom is -0.478 e. The van der Waals surface area contributed by atoms with Crippen LogP contribution in [0.2, 0.25) is 5.02 Å². The monoisotopic (exact) mass is 395 g/mol. The van der Waals surface area contributed by atoms with Crippen molar-refractivity contribution in [3.63, 3.8) is 0 Å². The summed E-state index contributed by atoms with van der Waals surface area (Å²) in [6.07, 6.45) is 5.11. The van der Waals surface area contributed by atoms with Gasteiger partial charge in [0, 0.05) is 29.1 Å². The van der Waals surface area contributed by atoms with Gasteiger partial charge in [0.05, 0.1) is 5.56 Å². The van der Waals surface area contributed by atoms with Crippen molar-refractivity contribution < 1.29 is 9.15 Å². The Morgan fingerprint density at radius 2 is 1.79 bits per heavy atom. The smallest absolute Gasteiger partial charge is 0.339 e. The highest BCUT2D eigenvalue weighted by Crippen LogP contribution is 2.36. The molecule has 2 aliphatic rings. The normalized spacial score (nSPS) is 16.9. The molecule has 28 heavy (non-hydrogen) atoms. The Morgan fingerprint density at radius 1 is 0.964 bits per heavy atom. The van der Waals surface area contributed by atoms with Crippen LogP contribution in [0.4, 0.5) is 0 Å². The van der Waals surface area contributed by atoms with Crippen LogP contribution in [0.1, 0.15) is 41.5 Å². The highest BCUT2D eigenvalue weighted by molar-refractivity contribution is 6.31. The van der Waals surface area contributed by atoms with E-state index in [2.05, 4.69) is 11.0 Å². The van der Waals surface area contributed by atoms with Crippen LogP contribution in [0.3, 0.4) is 0 Å². The van der Waals surface area contributed by atoms with Gasteiger partial charge in [-0.1, -0.05) is 36.2 Å². The Kier molecular flexibility index (Phi) is 4.61. The molecule has 5 heteroatoms. The molecule has 1 aliphatic heterocycles. The predicted octanol–water partition coefficient (Wildman–Crippen LogP) is 5.07. The lowest BCUT2D eigenvalue weighted by Crippen LogP contribution is -2.32. The molecule has 1 aromatic heterocycles. The summed E-state index contributed by atoms with van der Waals surface area (Å²) in [5, 5.41) is 1.82. The zero-order chi connectivity index (χ0) is 19.1. The molecule has 0 unspecified atom stereocenters. The van der Waals surface area contributed by atoms with E-state index in [0.717, 1.165) is 65.0 Å². The van der Waals surface area contributed by atoms with Crippen LogP contribution in [-0.2, 0) is 25.9 Å². The van der Waals surface area contributed by atoms with E-state index in [1.807, 2.05) is 30.3 Å². The highest BCUT2D eigenvalue weighted by atomic mass is 35.5. The number of nitrogens with zero attached hydrogens (tertiary/aromatic N) is 1. The molecule has 0 bridgehead atoms. The van der Waals surface area contributed by atoms with E-state index in [-0.39, 0.29) is 5.63 Å². The first-order chi connectivity index (χ1) is 13.7. The summed E-state index contributed by atoms with van der Waals surface area (Å²) < 4.78 is 11.8. The molecule has 0 N–H and O–H groups in total. The van der Waals surface area contributed by atoms with Gasteiger partial charge in [0.25, 0.3) is 0 Å². The fourth-order valence-corrected chi connectivity index (χ4v) is 4.60. The average Bonchev–Trinajstić information content (AvgIpc) is 2.97. The van der Waals surface area contributed by atoms with Gasteiger partial charge in [0.2, 0.25) is 0 Å². The second-order valence-corrected chi connectivity index (χ2v) is 8.09. The van der Waals surface area contributed by atoms with Crippen molar-refractivity contribution in [1.82, 2.24) is 4.90 Å². The second-order valence-electron chi connectivity index (χ2n) is 7.68. The third kappa shape index (κ3) is 3.11. The van der Waals surface area contributed by atoms with Gasteiger partial charge < -0.3 is 9.15 Å². The van der Waals surface area contributed by atoms with Gasteiger partial charge in [0.15, 0.2) is 0 Å². The van der Waals surface area contributed by atoms with E-state index in [1.165, 1.54) is 5.56 Å². The van der Waals surface area contributed by atoms with Crippen molar-refractivity contribution in [1.29, 1.82) is 0 Å². The SMILES string of the molecule is O=c1oc2c3c(ccc2c2c1CCCCC2)OCN(Cc1ccccc1Cl)C3. The van der Waals surface area contributed by atoms with Crippen molar-refractivity contribution in [2.24, 2.45) is 0 Å². The third-order valence-corrected chi connectivity index (χ3v) is 6.21. The van der Waals surface area contributed by atoms with E-state index in [1.54, 1.807) is 0 Å². The molecule has 0 saturated carbocycles. The molecule has 3 aromatic rings. The summed E-state index contributed by atoms with van der Waals surface area (Å²) in [5.41, 5.74) is 4.57. The lowest BCUT2D eigenvalue weighted by atomic mass is 9.98. The number of ether oxygens (including phenoxy) is 1. The lowest BCUT2D eigenvalue weighted by molar-refractivity contribution is 0.0890. The first-order valence-corrected chi connectivity index (χ1v) is 10.3. The first kappa shape index (κ1) is 17.8. The van der Waals surface area contributed by atoms with E-state index >= 15 is 0 Å². The van der Waals surface area contributed by atoms with E-state index in [0.29, 0.717) is 25.4 Å². The summed E-state index contributed by atoms with van der Waals surface area (Å²) in [7, 11) is 0. The predicted molar refractivity (Wildman–Crippen MR) is 110 cm³/mol. The molecule has 0 fully saturated rings. The molecule has 2 heterocycles. The lowest BCUT2D eigenvalue weighted by Gasteiger charge is -2.29. The molecular formula is C23H22ClNO3. The third-order valence-electron chi connectivity index (χ3n) is 5.84. The molecule has 1 aliphatic carbocycles. The number of aryl methyl sites for hydroxylation is 1. The summed E-state index contributed by atoms with van der Waals surface area (Å²) in [4.78, 5) is 14.9. The van der Waals surface area contributed by atoms with Crippen LogP contribution in [0.25, 0.3) is 11.0 Å². The minimum absolute atomic E-state index is 0.180. The fourth-order valence-electron chi connectivity index (χ4n) is 4.41. The molecule has 4 nitrogen and oxygen atoms in total. The number of rotatable bonds is 2. The number of hydrogen-bond acceptors (Lipinski definition) is 4. The summed E-state index contributed by atoms with van der Waals surface area (Å²) in [5.74, 6) is 0.805. The van der Waals surface area contributed by atoms with E-state index < -0.39 is 0 Å². The Hall–Kier alpha value is -2.30. The topological polar surface area (TPSA) is 42.7 Å². The van der Waals surface area contributed by atoms with Crippen LogP contribution >= 0.6 is 11.6 Å². The maximum Gasteiger partial charge on any atom is 0.339 e. The maximum atomic E-state index is 12.7. The standard InChI is InChI=1S/C23H22ClNO3/c24-20-9-5-4-6-15(20)12-25-13-19-21(27-14-25)11-10-17-16-7-2-1-3-8-18(16)23(26)28-22(17)19/h4-6,9-11H,1-3,7-8,12-14H2. The summed E-state index contributed by atoms with van der Waals surface area (Å²) in [6.45, 7) is 1.84. The van der Waals surface area contributed by atoms with Crippen LogP contribution < -0.4 is 10.4 Å². The number of halogens is 1. The average molecular weight is 396 g/mol. The van der Waals surface area contributed by atoms with Gasteiger partial charge in [0.1, 0.15) is 18.1 Å². The summed E-state index contributed by atoms with van der Waals surface area (Å²) in [6, 6.07) is 11.9. The van der Waals surface area contributed by atoms with Crippen molar-refractivity contribution in [3.8, 4) is 5.75 Å². The van der Waals surface area contributed by atoms with Gasteiger partial charge in [-0.2, -0.15) is 0 Å². The molecule has 5 rings (SSSR count). The Balaban J connectivity index is 1.56. The Morgan fingerprint density at radius 3 is 2.64 bits per heavy atom. The molecule has 2 aromatic carbocycles. The van der Waals surface area contributed by atoms with Gasteiger partial charge in [-0.3, -0.25) is 4.90 Å². The zero-order valence-electron chi connectivity index (χ0n) is 15.7. The molecule has 0 radical (unpaired) electrons. The highest BCUT2D eigenvalue weighted by Gasteiger charge is 2.25. The van der Waals surface area contributed by atoms with E-state index in [9.17, 15) is 4.79 Å². The van der Waals surface area contributed by atoms with Gasteiger partial charge >= 0.3 is 5.63 Å². The largest absolute Gasteiger partial charge is 0.478 e. The first-order valence-electron chi connectivity index (χ1n) is 9.90. The Labute approximate surface area is 168 Å². The molecule has 0 saturated heterocycles. The van der Waals surface area contributed by atoms with Crippen molar-refractivity contribution in [2.45, 2.75) is 45.2 Å². The quantitative estimate of drug-likeness (QED) is 0.449.